The van der Waals surface area contributed by atoms with Gasteiger partial charge in [-0.15, -0.1) is 11.3 Å². The van der Waals surface area contributed by atoms with Gasteiger partial charge in [-0.2, -0.15) is 0 Å². The molecule has 0 saturated heterocycles. The molecular weight excluding hydrogens is 448 g/mol. The van der Waals surface area contributed by atoms with Gasteiger partial charge in [-0.1, -0.05) is 6.07 Å². The van der Waals surface area contributed by atoms with Crippen molar-refractivity contribution in [1.82, 2.24) is 0 Å². The minimum atomic E-state index is -3.89. The highest BCUT2D eigenvalue weighted by Crippen LogP contribution is 2.35. The lowest BCUT2D eigenvalue weighted by molar-refractivity contribution is -0.120. The van der Waals surface area contributed by atoms with E-state index in [1.54, 1.807) is 12.1 Å². The largest absolute Gasteiger partial charge is 0.378 e. The number of hydrogen-bond acceptors (Lipinski definition) is 7. The van der Waals surface area contributed by atoms with Gasteiger partial charge in [-0.3, -0.25) is 9.59 Å². The molecule has 3 N–H and O–H groups in total. The van der Waals surface area contributed by atoms with Gasteiger partial charge in [-0.05, 0) is 60.0 Å². The molecule has 2 heterocycles. The Hall–Kier alpha value is -3.47. The first-order valence-corrected chi connectivity index (χ1v) is 11.9. The number of nitrogens with two attached hydrogens (primary N) is 1. The van der Waals surface area contributed by atoms with Crippen molar-refractivity contribution in [2.75, 3.05) is 29.2 Å². The second kappa shape index (κ2) is 8.23. The first-order valence-electron chi connectivity index (χ1n) is 9.51. The van der Waals surface area contributed by atoms with Crippen LogP contribution in [0, 0.1) is 0 Å². The molecule has 2 aromatic carbocycles. The van der Waals surface area contributed by atoms with Gasteiger partial charge < -0.3 is 10.2 Å². The summed E-state index contributed by atoms with van der Waals surface area (Å²) < 4.78 is 23.1. The molecule has 0 aliphatic carbocycles. The van der Waals surface area contributed by atoms with E-state index in [4.69, 9.17) is 5.14 Å². The Morgan fingerprint density at radius 1 is 0.938 bits per heavy atom. The van der Waals surface area contributed by atoms with Gasteiger partial charge in [0.05, 0.1) is 16.2 Å². The van der Waals surface area contributed by atoms with E-state index in [1.165, 1.54) is 35.6 Å². The molecule has 0 radical (unpaired) electrons. The molecule has 8 nitrogen and oxygen atoms in total. The van der Waals surface area contributed by atoms with E-state index in [1.807, 2.05) is 48.6 Å². The smallest absolute Gasteiger partial charge is 0.282 e. The minimum Gasteiger partial charge on any atom is -0.378 e. The van der Waals surface area contributed by atoms with E-state index >= 15 is 0 Å². The second-order valence-electron chi connectivity index (χ2n) is 7.28. The summed E-state index contributed by atoms with van der Waals surface area (Å²) in [5.74, 6) is -1.02. The van der Waals surface area contributed by atoms with Crippen LogP contribution in [0.25, 0.3) is 5.57 Å². The van der Waals surface area contributed by atoms with Gasteiger partial charge in [0.25, 0.3) is 11.8 Å². The Kier molecular flexibility index (Phi) is 5.59. The third-order valence-electron chi connectivity index (χ3n) is 4.93. The highest BCUT2D eigenvalue weighted by molar-refractivity contribution is 7.89. The van der Waals surface area contributed by atoms with Gasteiger partial charge in [-0.25, -0.2) is 18.5 Å². The number of thiophene rings is 1. The van der Waals surface area contributed by atoms with Crippen LogP contribution in [-0.2, 0) is 19.6 Å². The van der Waals surface area contributed by atoms with Gasteiger partial charge in [0.1, 0.15) is 5.70 Å². The van der Waals surface area contributed by atoms with Crippen molar-refractivity contribution in [2.24, 2.45) is 5.14 Å². The van der Waals surface area contributed by atoms with E-state index < -0.39 is 21.8 Å². The molecule has 0 fully saturated rings. The number of sulfonamides is 1. The number of nitrogens with zero attached hydrogens (tertiary/aromatic N) is 2. The number of benzene rings is 2. The van der Waals surface area contributed by atoms with Crippen LogP contribution in [0.15, 0.2) is 76.6 Å². The summed E-state index contributed by atoms with van der Waals surface area (Å²) in [6.45, 7) is 0. The molecule has 1 aliphatic heterocycles. The summed E-state index contributed by atoms with van der Waals surface area (Å²) in [6.07, 6.45) is 0. The van der Waals surface area contributed by atoms with Crippen LogP contribution in [0.2, 0.25) is 0 Å². The van der Waals surface area contributed by atoms with Gasteiger partial charge in [0.2, 0.25) is 10.0 Å². The van der Waals surface area contributed by atoms with Gasteiger partial charge in [0, 0.05) is 30.3 Å². The van der Waals surface area contributed by atoms with E-state index in [0.717, 1.165) is 10.6 Å². The number of hydrogen-bond donors (Lipinski definition) is 2. The first-order chi connectivity index (χ1) is 15.2. The van der Waals surface area contributed by atoms with E-state index in [2.05, 4.69) is 5.32 Å². The molecule has 0 unspecified atom stereocenters. The molecule has 32 heavy (non-hydrogen) atoms. The molecule has 1 aliphatic rings. The molecule has 0 bridgehead atoms. The number of amides is 2. The normalized spacial score (nSPS) is 14.3. The van der Waals surface area contributed by atoms with E-state index in [0.29, 0.717) is 10.6 Å². The lowest BCUT2D eigenvalue weighted by atomic mass is 10.1. The number of primary sulfonamides is 1. The van der Waals surface area contributed by atoms with Crippen LogP contribution in [0.1, 0.15) is 4.88 Å². The van der Waals surface area contributed by atoms with Crippen LogP contribution in [0.5, 0.6) is 0 Å². The lowest BCUT2D eigenvalue weighted by Crippen LogP contribution is -2.32. The zero-order chi connectivity index (χ0) is 23.0. The van der Waals surface area contributed by atoms with Crippen molar-refractivity contribution in [3.8, 4) is 0 Å². The quantitative estimate of drug-likeness (QED) is 0.538. The number of carbonyl (C=O) groups is 2. The molecule has 2 amide bonds. The van der Waals surface area contributed by atoms with Crippen molar-refractivity contribution in [2.45, 2.75) is 4.90 Å². The third kappa shape index (κ3) is 4.03. The fraction of sp³-hybridized carbons (Fsp3) is 0.0909. The van der Waals surface area contributed by atoms with Crippen LogP contribution >= 0.6 is 11.3 Å². The topological polar surface area (TPSA) is 113 Å². The van der Waals surface area contributed by atoms with Crippen molar-refractivity contribution in [1.29, 1.82) is 0 Å². The minimum absolute atomic E-state index is 0.105. The third-order valence-corrected chi connectivity index (χ3v) is 6.74. The summed E-state index contributed by atoms with van der Waals surface area (Å²) in [5, 5.41) is 10.1. The van der Waals surface area contributed by atoms with Crippen molar-refractivity contribution >= 4 is 55.8 Å². The maximum absolute atomic E-state index is 13.3. The highest BCUT2D eigenvalue weighted by Gasteiger charge is 2.40. The zero-order valence-corrected chi connectivity index (χ0v) is 18.9. The van der Waals surface area contributed by atoms with Crippen LogP contribution < -0.4 is 20.3 Å². The maximum Gasteiger partial charge on any atom is 0.282 e. The Labute approximate surface area is 189 Å². The SMILES string of the molecule is CN(C)c1ccc(NC2=C(c3cccs3)C(=O)N(c3ccc(S(N)(=O)=O)cc3)C2=O)cc1. The zero-order valence-electron chi connectivity index (χ0n) is 17.3. The summed E-state index contributed by atoms with van der Waals surface area (Å²) in [7, 11) is -0.0332. The van der Waals surface area contributed by atoms with E-state index in [-0.39, 0.29) is 21.9 Å². The molecule has 1 aromatic heterocycles. The van der Waals surface area contributed by atoms with Crippen molar-refractivity contribution in [3.05, 3.63) is 76.6 Å². The van der Waals surface area contributed by atoms with Crippen molar-refractivity contribution < 1.29 is 18.0 Å². The Morgan fingerprint density at radius 3 is 2.12 bits per heavy atom. The second-order valence-corrected chi connectivity index (χ2v) is 9.79. The monoisotopic (exact) mass is 468 g/mol. The van der Waals surface area contributed by atoms with Gasteiger partial charge >= 0.3 is 0 Å². The molecule has 10 heteroatoms. The predicted molar refractivity (Wildman–Crippen MR) is 126 cm³/mol. The Balaban J connectivity index is 1.72. The lowest BCUT2D eigenvalue weighted by Gasteiger charge is -2.16. The van der Waals surface area contributed by atoms with Crippen LogP contribution in [0.4, 0.5) is 17.1 Å². The summed E-state index contributed by atoms with van der Waals surface area (Å²) >= 11 is 1.35. The Bertz CT molecular complexity index is 1310. The van der Waals surface area contributed by atoms with E-state index in [9.17, 15) is 18.0 Å². The standard InChI is InChI=1S/C22H20N4O4S2/c1-25(2)15-7-5-14(6-8-15)24-20-19(18-4-3-13-31-18)21(27)26(22(20)28)16-9-11-17(12-10-16)32(23,29)30/h3-13,24H,1-2H3,(H2,23,29,30). The number of carbonyl (C=O) groups excluding carboxylic acids is 2. The summed E-state index contributed by atoms with van der Waals surface area (Å²) in [6, 6.07) is 16.3. The van der Waals surface area contributed by atoms with Crippen molar-refractivity contribution in [3.63, 3.8) is 0 Å². The average molecular weight is 469 g/mol. The molecule has 0 spiro atoms. The fourth-order valence-electron chi connectivity index (χ4n) is 3.30. The molecule has 4 rings (SSSR count). The number of rotatable bonds is 6. The molecular formula is C22H20N4O4S2. The molecule has 3 aromatic rings. The molecule has 0 saturated carbocycles. The average Bonchev–Trinajstić information content (AvgIpc) is 3.35. The molecule has 0 atom stereocenters. The molecule has 164 valence electrons. The van der Waals surface area contributed by atoms with Crippen LogP contribution in [-0.4, -0.2) is 34.3 Å². The number of imide groups is 1. The van der Waals surface area contributed by atoms with Gasteiger partial charge in [0.15, 0.2) is 0 Å². The highest BCUT2D eigenvalue weighted by atomic mass is 32.2. The Morgan fingerprint density at radius 2 is 1.59 bits per heavy atom. The maximum atomic E-state index is 13.3. The number of anilines is 3. The van der Waals surface area contributed by atoms with Crippen LogP contribution in [0.3, 0.4) is 0 Å². The predicted octanol–water partition coefficient (Wildman–Crippen LogP) is 2.86. The summed E-state index contributed by atoms with van der Waals surface area (Å²) in [4.78, 5) is 30.2. The summed E-state index contributed by atoms with van der Waals surface area (Å²) in [5.41, 5.74) is 2.32. The number of nitrogens with one attached hydrogen (secondary N) is 1. The fourth-order valence-corrected chi connectivity index (χ4v) is 4.59. The first kappa shape index (κ1) is 21.8.